The smallest absolute Gasteiger partial charge is 0.203 e. The second-order valence-electron chi connectivity index (χ2n) is 11.8. The second-order valence-corrected chi connectivity index (χ2v) is 11.8. The van der Waals surface area contributed by atoms with E-state index in [2.05, 4.69) is 63.8 Å². The van der Waals surface area contributed by atoms with Crippen molar-refractivity contribution in [2.75, 3.05) is 69.6 Å². The largest absolute Gasteiger partial charge is 0.493 e. The van der Waals surface area contributed by atoms with E-state index in [0.717, 1.165) is 54.2 Å². The third kappa shape index (κ3) is 13.8. The molecule has 0 aromatic heterocycles. The number of ether oxygens (including phenoxy) is 9. The quantitative estimate of drug-likeness (QED) is 0.0873. The van der Waals surface area contributed by atoms with E-state index in [4.69, 9.17) is 47.7 Å². The van der Waals surface area contributed by atoms with Gasteiger partial charge in [-0.1, -0.05) is 82.0 Å². The molecule has 0 spiro atoms. The molecule has 1 N–H and O–H groups in total. The minimum atomic E-state index is 0.600. The summed E-state index contributed by atoms with van der Waals surface area (Å²) in [5, 5.41) is 7.00. The Morgan fingerprint density at radius 2 is 0.643 bits per heavy atom. The Labute approximate surface area is 333 Å². The molecule has 4 aromatic rings. The molecule has 0 amide bonds. The van der Waals surface area contributed by atoms with E-state index in [0.29, 0.717) is 71.6 Å². The summed E-state index contributed by atoms with van der Waals surface area (Å²) in [6.07, 6.45) is 12.7. The lowest BCUT2D eigenvalue weighted by molar-refractivity contribution is 0.275. The first-order valence-corrected chi connectivity index (χ1v) is 18.5. The summed E-state index contributed by atoms with van der Waals surface area (Å²) >= 11 is 0. The summed E-state index contributed by atoms with van der Waals surface area (Å²) in [5.41, 5.74) is 5.01. The van der Waals surface area contributed by atoms with Gasteiger partial charge in [0.15, 0.2) is 34.5 Å². The zero-order valence-electron chi connectivity index (χ0n) is 34.7. The summed E-state index contributed by atoms with van der Waals surface area (Å²) in [6.45, 7) is 11.7. The summed E-state index contributed by atoms with van der Waals surface area (Å²) in [5.74, 6) is 5.84. The van der Waals surface area contributed by atoms with Crippen LogP contribution in [-0.2, 0) is 0 Å². The standard InChI is InChI=1S/C32H38O6.C13H18O3.CH4O/c1-7-17-37-31-27(33-3)19-25(20-28(31)34-4)15-13-23-9-11-24(12-10-23)14-16-26-21-29(35-5)32(38-18-8-2)30(22-26)36-6;1-5-7-16-13-11(14-3)8-10(6-2)9-12(13)15-4;1-2/h9-16,19-22H,7-8,17-18H2,1-6H3;6,8-9H,2,5,7H2,1,3-4H3;2H,1H3/b15-13+,16-14+;;. The highest BCUT2D eigenvalue weighted by molar-refractivity contribution is 5.75. The normalized spacial score (nSPS) is 10.4. The number of hydrogen-bond acceptors (Lipinski definition) is 10. The Morgan fingerprint density at radius 3 is 0.857 bits per heavy atom. The van der Waals surface area contributed by atoms with Gasteiger partial charge < -0.3 is 47.7 Å². The van der Waals surface area contributed by atoms with Gasteiger partial charge in [-0.3, -0.25) is 0 Å². The maximum absolute atomic E-state index is 7.00. The fourth-order valence-corrected chi connectivity index (χ4v) is 5.15. The van der Waals surface area contributed by atoms with Crippen molar-refractivity contribution in [1.29, 1.82) is 0 Å². The van der Waals surface area contributed by atoms with Crippen LogP contribution in [0.3, 0.4) is 0 Å². The molecule has 10 nitrogen and oxygen atoms in total. The fourth-order valence-electron chi connectivity index (χ4n) is 5.15. The minimum absolute atomic E-state index is 0.600. The van der Waals surface area contributed by atoms with Crippen LogP contribution in [0.15, 0.2) is 67.2 Å². The Hall–Kier alpha value is -5.74. The van der Waals surface area contributed by atoms with Crippen molar-refractivity contribution in [3.63, 3.8) is 0 Å². The Morgan fingerprint density at radius 1 is 0.411 bits per heavy atom. The molecule has 0 fully saturated rings. The van der Waals surface area contributed by atoms with Crippen molar-refractivity contribution in [2.24, 2.45) is 0 Å². The first-order valence-electron chi connectivity index (χ1n) is 18.5. The molecule has 0 saturated carbocycles. The summed E-state index contributed by atoms with van der Waals surface area (Å²) in [7, 11) is 10.8. The molecule has 0 radical (unpaired) electrons. The third-order valence-electron chi connectivity index (χ3n) is 7.91. The van der Waals surface area contributed by atoms with Crippen LogP contribution in [0, 0.1) is 0 Å². The number of aliphatic hydroxyl groups is 1. The lowest BCUT2D eigenvalue weighted by atomic mass is 10.1. The molecular weight excluding hydrogens is 712 g/mol. The molecular formula is C46H60O10. The van der Waals surface area contributed by atoms with Gasteiger partial charge in [-0.05, 0) is 83.5 Å². The van der Waals surface area contributed by atoms with E-state index in [9.17, 15) is 0 Å². The molecule has 0 saturated heterocycles. The van der Waals surface area contributed by atoms with Crippen LogP contribution in [0.4, 0.5) is 0 Å². The van der Waals surface area contributed by atoms with E-state index in [1.54, 1.807) is 48.7 Å². The molecule has 304 valence electrons. The zero-order chi connectivity index (χ0) is 41.3. The van der Waals surface area contributed by atoms with E-state index >= 15 is 0 Å². The predicted octanol–water partition coefficient (Wildman–Crippen LogP) is 10.4. The third-order valence-corrected chi connectivity index (χ3v) is 7.91. The maximum atomic E-state index is 7.00. The topological polar surface area (TPSA) is 103 Å². The van der Waals surface area contributed by atoms with Crippen molar-refractivity contribution in [1.82, 2.24) is 0 Å². The van der Waals surface area contributed by atoms with Crippen LogP contribution in [0.5, 0.6) is 51.7 Å². The van der Waals surface area contributed by atoms with Gasteiger partial charge in [-0.2, -0.15) is 0 Å². The first-order chi connectivity index (χ1) is 27.3. The second kappa shape index (κ2) is 26.1. The van der Waals surface area contributed by atoms with E-state index in [-0.39, 0.29) is 0 Å². The van der Waals surface area contributed by atoms with Gasteiger partial charge in [0.2, 0.25) is 17.2 Å². The van der Waals surface area contributed by atoms with Crippen LogP contribution in [0.1, 0.15) is 67.9 Å². The number of rotatable bonds is 20. The molecule has 4 rings (SSSR count). The van der Waals surface area contributed by atoms with Gasteiger partial charge >= 0.3 is 0 Å². The lowest BCUT2D eigenvalue weighted by Gasteiger charge is -2.15. The van der Waals surface area contributed by atoms with E-state index < -0.39 is 0 Å². The van der Waals surface area contributed by atoms with Crippen molar-refractivity contribution < 1.29 is 47.7 Å². The average molecular weight is 773 g/mol. The number of aliphatic hydroxyl groups excluding tert-OH is 1. The van der Waals surface area contributed by atoms with Crippen LogP contribution in [0.25, 0.3) is 30.4 Å². The highest BCUT2D eigenvalue weighted by atomic mass is 16.5. The van der Waals surface area contributed by atoms with Gasteiger partial charge in [0.25, 0.3) is 0 Å². The van der Waals surface area contributed by atoms with Gasteiger partial charge in [-0.25, -0.2) is 0 Å². The summed E-state index contributed by atoms with van der Waals surface area (Å²) in [4.78, 5) is 0. The molecule has 56 heavy (non-hydrogen) atoms. The van der Waals surface area contributed by atoms with Crippen LogP contribution < -0.4 is 42.6 Å². The molecule has 0 aliphatic carbocycles. The molecule has 4 aromatic carbocycles. The SMILES string of the molecule is C=Cc1cc(OC)c(OCCC)c(OC)c1.CCCOc1c(OC)cc(/C=C/c2ccc(/C=C/c3cc(OC)c(OCCC)c(OC)c3)cc2)cc1OC.CO. The maximum Gasteiger partial charge on any atom is 0.203 e. The average Bonchev–Trinajstić information content (AvgIpc) is 3.25. The van der Waals surface area contributed by atoms with E-state index in [1.165, 1.54) is 0 Å². The molecule has 0 aliphatic rings. The molecule has 0 heterocycles. The van der Waals surface area contributed by atoms with Crippen molar-refractivity contribution >= 4 is 30.4 Å². The molecule has 0 unspecified atom stereocenters. The Bertz CT molecular complexity index is 1640. The van der Waals surface area contributed by atoms with Crippen molar-refractivity contribution in [3.8, 4) is 51.7 Å². The van der Waals surface area contributed by atoms with Gasteiger partial charge in [0.05, 0.1) is 62.5 Å². The minimum Gasteiger partial charge on any atom is -0.493 e. The van der Waals surface area contributed by atoms with Gasteiger partial charge in [-0.15, -0.1) is 0 Å². The summed E-state index contributed by atoms with van der Waals surface area (Å²) < 4.78 is 50.0. The highest BCUT2D eigenvalue weighted by Crippen LogP contribution is 2.41. The van der Waals surface area contributed by atoms with Crippen molar-refractivity contribution in [3.05, 3.63) is 95.1 Å². The zero-order valence-corrected chi connectivity index (χ0v) is 34.7. The van der Waals surface area contributed by atoms with Gasteiger partial charge in [0, 0.05) is 7.11 Å². The Kier molecular flexibility index (Phi) is 21.7. The number of benzene rings is 4. The Balaban J connectivity index is 0.000000502. The predicted molar refractivity (Wildman–Crippen MR) is 229 cm³/mol. The van der Waals surface area contributed by atoms with Crippen LogP contribution in [-0.4, -0.2) is 74.7 Å². The monoisotopic (exact) mass is 772 g/mol. The lowest BCUT2D eigenvalue weighted by Crippen LogP contribution is -2.00. The van der Waals surface area contributed by atoms with Crippen LogP contribution in [0.2, 0.25) is 0 Å². The van der Waals surface area contributed by atoms with E-state index in [1.807, 2.05) is 48.6 Å². The molecule has 10 heteroatoms. The van der Waals surface area contributed by atoms with Crippen molar-refractivity contribution in [2.45, 2.75) is 40.0 Å². The highest BCUT2D eigenvalue weighted by Gasteiger charge is 2.15. The molecule has 0 atom stereocenters. The van der Waals surface area contributed by atoms with Gasteiger partial charge in [0.1, 0.15) is 0 Å². The van der Waals surface area contributed by atoms with Crippen LogP contribution >= 0.6 is 0 Å². The fraction of sp³-hybridized carbons (Fsp3) is 0.348. The summed E-state index contributed by atoms with van der Waals surface area (Å²) in [6, 6.07) is 19.8. The number of methoxy groups -OCH3 is 6. The molecule has 0 bridgehead atoms. The molecule has 0 aliphatic heterocycles. The number of hydrogen-bond donors (Lipinski definition) is 1. The first kappa shape index (κ1) is 46.4.